The minimum absolute atomic E-state index is 0.175. The third kappa shape index (κ3) is 3.80. The van der Waals surface area contributed by atoms with Crippen LogP contribution in [0, 0.1) is 5.41 Å². The number of nitrogens with two attached hydrogens (primary N) is 1. The maximum absolute atomic E-state index is 12.9. The van der Waals surface area contributed by atoms with E-state index in [4.69, 9.17) is 5.73 Å². The van der Waals surface area contributed by atoms with E-state index in [0.29, 0.717) is 31.5 Å². The lowest BCUT2D eigenvalue weighted by Gasteiger charge is -2.41. The van der Waals surface area contributed by atoms with E-state index >= 15 is 0 Å². The molecule has 1 fully saturated rings. The molecule has 154 valence electrons. The Morgan fingerprint density at radius 2 is 1.93 bits per heavy atom. The summed E-state index contributed by atoms with van der Waals surface area (Å²) in [6.07, 6.45) is 8.50. The molecule has 0 aliphatic carbocycles. The summed E-state index contributed by atoms with van der Waals surface area (Å²) >= 11 is 0. The van der Waals surface area contributed by atoms with Gasteiger partial charge in [0.1, 0.15) is 12.0 Å². The Labute approximate surface area is 174 Å². The van der Waals surface area contributed by atoms with Crippen LogP contribution in [-0.4, -0.2) is 49.6 Å². The van der Waals surface area contributed by atoms with Crippen molar-refractivity contribution in [3.63, 3.8) is 0 Å². The van der Waals surface area contributed by atoms with E-state index in [9.17, 15) is 9.59 Å². The molecular weight excluding hydrogens is 380 g/mol. The Morgan fingerprint density at radius 1 is 1.17 bits per heavy atom. The Morgan fingerprint density at radius 3 is 2.63 bits per heavy atom. The molecule has 3 aromatic rings. The summed E-state index contributed by atoms with van der Waals surface area (Å²) in [7, 11) is 1.77. The molecule has 1 aromatic carbocycles. The zero-order chi connectivity index (χ0) is 21.1. The molecular formula is C22H24N6O2. The van der Waals surface area contributed by atoms with Crippen molar-refractivity contribution in [2.75, 3.05) is 13.1 Å². The Balaban J connectivity index is 1.64. The monoisotopic (exact) mass is 404 g/mol. The van der Waals surface area contributed by atoms with Crippen LogP contribution < -0.4 is 5.73 Å². The first-order valence-corrected chi connectivity index (χ1v) is 9.91. The maximum atomic E-state index is 12.9. The maximum Gasteiger partial charge on any atom is 0.274 e. The normalized spacial score (nSPS) is 18.9. The molecule has 0 unspecified atom stereocenters. The van der Waals surface area contributed by atoms with Crippen LogP contribution in [-0.2, 0) is 18.3 Å². The van der Waals surface area contributed by atoms with Crippen LogP contribution >= 0.6 is 0 Å². The molecule has 0 spiro atoms. The second-order valence-corrected chi connectivity index (χ2v) is 7.81. The molecule has 3 heterocycles. The Bertz CT molecular complexity index is 1060. The molecule has 2 amide bonds. The van der Waals surface area contributed by atoms with Gasteiger partial charge in [-0.2, -0.15) is 5.10 Å². The first-order valence-electron chi connectivity index (χ1n) is 9.91. The number of piperidine rings is 1. The van der Waals surface area contributed by atoms with Crippen molar-refractivity contribution in [1.29, 1.82) is 0 Å². The van der Waals surface area contributed by atoms with E-state index in [1.165, 1.54) is 6.33 Å². The van der Waals surface area contributed by atoms with Gasteiger partial charge in [-0.1, -0.05) is 24.3 Å². The van der Waals surface area contributed by atoms with Gasteiger partial charge >= 0.3 is 0 Å². The van der Waals surface area contributed by atoms with Crippen LogP contribution in [0.5, 0.6) is 0 Å². The number of likely N-dealkylation sites (tertiary alicyclic amines) is 1. The number of nitrogens with zero attached hydrogens (tertiary/aromatic N) is 5. The molecule has 0 bridgehead atoms. The van der Waals surface area contributed by atoms with Gasteiger partial charge < -0.3 is 10.6 Å². The number of carbonyl (C=O) groups is 2. The molecule has 4 rings (SSSR count). The number of amides is 2. The quantitative estimate of drug-likeness (QED) is 0.698. The van der Waals surface area contributed by atoms with E-state index in [0.717, 1.165) is 16.7 Å². The molecule has 8 heteroatoms. The molecule has 0 radical (unpaired) electrons. The number of rotatable bonds is 5. The highest BCUT2D eigenvalue weighted by Gasteiger charge is 2.43. The molecule has 30 heavy (non-hydrogen) atoms. The predicted molar refractivity (Wildman–Crippen MR) is 111 cm³/mol. The van der Waals surface area contributed by atoms with E-state index < -0.39 is 5.41 Å². The van der Waals surface area contributed by atoms with E-state index in [2.05, 4.69) is 15.1 Å². The lowest BCUT2D eigenvalue weighted by atomic mass is 9.73. The van der Waals surface area contributed by atoms with Gasteiger partial charge in [-0.05, 0) is 36.5 Å². The standard InChI is InChI=1S/C22H24N6O2/c1-27-10-7-19(26-27)20(29)28-9-4-8-22(14-28,21(23)30)11-16-5-2-3-6-18(16)17-12-24-15-25-13-17/h2-3,5-7,10,12-13,15H,4,8-9,11,14H2,1H3,(H2,23,30)/t22-/m1/s1. The predicted octanol–water partition coefficient (Wildman–Crippen LogP) is 1.83. The number of hydrogen-bond donors (Lipinski definition) is 1. The highest BCUT2D eigenvalue weighted by atomic mass is 16.2. The summed E-state index contributed by atoms with van der Waals surface area (Å²) < 4.78 is 1.59. The second kappa shape index (κ2) is 8.06. The summed E-state index contributed by atoms with van der Waals surface area (Å²) in [5, 5.41) is 4.21. The molecule has 1 saturated heterocycles. The first kappa shape index (κ1) is 19.8. The van der Waals surface area contributed by atoms with Crippen molar-refractivity contribution in [3.05, 3.63) is 66.5 Å². The minimum Gasteiger partial charge on any atom is -0.369 e. The van der Waals surface area contributed by atoms with Crippen LogP contribution in [0.1, 0.15) is 28.9 Å². The topological polar surface area (TPSA) is 107 Å². The molecule has 2 aromatic heterocycles. The van der Waals surface area contributed by atoms with Gasteiger partial charge in [0.15, 0.2) is 0 Å². The molecule has 1 aliphatic rings. The summed E-state index contributed by atoms with van der Waals surface area (Å²) in [5.74, 6) is -0.564. The van der Waals surface area contributed by atoms with Crippen LogP contribution in [0.4, 0.5) is 0 Å². The molecule has 1 atom stereocenters. The SMILES string of the molecule is Cn1ccc(C(=O)N2CCC[C@](Cc3ccccc3-c3cncnc3)(C(N)=O)C2)n1. The first-order chi connectivity index (χ1) is 14.5. The van der Waals surface area contributed by atoms with Crippen molar-refractivity contribution in [1.82, 2.24) is 24.6 Å². The van der Waals surface area contributed by atoms with E-state index in [-0.39, 0.29) is 18.4 Å². The number of benzene rings is 1. The Hall–Kier alpha value is -3.55. The summed E-state index contributed by atoms with van der Waals surface area (Å²) in [4.78, 5) is 35.5. The number of aromatic nitrogens is 4. The number of hydrogen-bond acceptors (Lipinski definition) is 5. The zero-order valence-electron chi connectivity index (χ0n) is 16.9. The summed E-state index contributed by atoms with van der Waals surface area (Å²) in [6.45, 7) is 0.857. The van der Waals surface area contributed by atoms with Crippen molar-refractivity contribution in [2.45, 2.75) is 19.3 Å². The summed E-state index contributed by atoms with van der Waals surface area (Å²) in [6, 6.07) is 9.56. The van der Waals surface area contributed by atoms with Crippen LogP contribution in [0.3, 0.4) is 0 Å². The van der Waals surface area contributed by atoms with Crippen LogP contribution in [0.2, 0.25) is 0 Å². The van der Waals surface area contributed by atoms with Gasteiger partial charge in [0.2, 0.25) is 5.91 Å². The van der Waals surface area contributed by atoms with Crippen LogP contribution in [0.25, 0.3) is 11.1 Å². The van der Waals surface area contributed by atoms with Crippen molar-refractivity contribution >= 4 is 11.8 Å². The van der Waals surface area contributed by atoms with Gasteiger partial charge in [0.05, 0.1) is 5.41 Å². The largest absolute Gasteiger partial charge is 0.369 e. The van der Waals surface area contributed by atoms with Crippen molar-refractivity contribution in [3.8, 4) is 11.1 Å². The second-order valence-electron chi connectivity index (χ2n) is 7.81. The highest BCUT2D eigenvalue weighted by Crippen LogP contribution is 2.36. The minimum atomic E-state index is -0.839. The highest BCUT2D eigenvalue weighted by molar-refractivity contribution is 5.93. The Kier molecular flexibility index (Phi) is 5.31. The molecule has 8 nitrogen and oxygen atoms in total. The van der Waals surface area contributed by atoms with Gasteiger partial charge in [0, 0.05) is 44.3 Å². The number of aryl methyl sites for hydroxylation is 1. The number of primary amides is 1. The fourth-order valence-corrected chi connectivity index (χ4v) is 4.19. The lowest BCUT2D eigenvalue weighted by Crippen LogP contribution is -2.53. The fourth-order valence-electron chi connectivity index (χ4n) is 4.19. The van der Waals surface area contributed by atoms with E-state index in [1.54, 1.807) is 41.3 Å². The van der Waals surface area contributed by atoms with Gasteiger partial charge in [-0.25, -0.2) is 9.97 Å². The average molecular weight is 404 g/mol. The molecule has 2 N–H and O–H groups in total. The van der Waals surface area contributed by atoms with Crippen LogP contribution in [0.15, 0.2) is 55.2 Å². The molecule has 0 saturated carbocycles. The van der Waals surface area contributed by atoms with Crippen molar-refractivity contribution in [2.24, 2.45) is 18.2 Å². The molecule has 1 aliphatic heterocycles. The smallest absolute Gasteiger partial charge is 0.274 e. The average Bonchev–Trinajstić information content (AvgIpc) is 3.20. The van der Waals surface area contributed by atoms with Crippen molar-refractivity contribution < 1.29 is 9.59 Å². The third-order valence-electron chi connectivity index (χ3n) is 5.74. The third-order valence-corrected chi connectivity index (χ3v) is 5.74. The summed E-state index contributed by atoms with van der Waals surface area (Å²) in [5.41, 5.74) is 8.29. The lowest BCUT2D eigenvalue weighted by molar-refractivity contribution is -0.130. The van der Waals surface area contributed by atoms with Gasteiger partial charge in [-0.15, -0.1) is 0 Å². The van der Waals surface area contributed by atoms with E-state index in [1.807, 2.05) is 24.3 Å². The fraction of sp³-hybridized carbons (Fsp3) is 0.318. The number of carbonyl (C=O) groups excluding carboxylic acids is 2. The van der Waals surface area contributed by atoms with Gasteiger partial charge in [-0.3, -0.25) is 14.3 Å². The zero-order valence-corrected chi connectivity index (χ0v) is 16.9. The van der Waals surface area contributed by atoms with Gasteiger partial charge in [0.25, 0.3) is 5.91 Å².